The molecular formula is C27H25N9O3S. The number of benzene rings is 3. The van der Waals surface area contributed by atoms with Crippen LogP contribution in [0, 0.1) is 0 Å². The second-order valence-electron chi connectivity index (χ2n) is 9.25. The minimum absolute atomic E-state index is 0.0453. The number of hydrogen-bond donors (Lipinski definition) is 5. The topological polar surface area (TPSA) is 171 Å². The zero-order valence-electron chi connectivity index (χ0n) is 21.1. The number of sulfonamides is 1. The fraction of sp³-hybridized carbons (Fsp3) is 0.111. The molecule has 13 heteroatoms. The Morgan fingerprint density at radius 1 is 0.950 bits per heavy atom. The molecule has 2 amide bonds. The molecular weight excluding hydrogens is 530 g/mol. The number of anilines is 5. The average Bonchev–Trinajstić information content (AvgIpc) is 3.42. The van der Waals surface area contributed by atoms with E-state index in [0.717, 1.165) is 5.56 Å². The molecule has 1 aliphatic heterocycles. The Hall–Kier alpha value is -5.17. The van der Waals surface area contributed by atoms with Gasteiger partial charge in [0.05, 0.1) is 34.8 Å². The van der Waals surface area contributed by atoms with Crippen molar-refractivity contribution in [1.82, 2.24) is 20.2 Å². The third-order valence-corrected chi connectivity index (χ3v) is 8.27. The van der Waals surface area contributed by atoms with Gasteiger partial charge in [0.2, 0.25) is 5.95 Å². The molecule has 6 N–H and O–H groups in total. The van der Waals surface area contributed by atoms with E-state index in [4.69, 9.17) is 5.73 Å². The Morgan fingerprint density at radius 2 is 1.70 bits per heavy atom. The summed E-state index contributed by atoms with van der Waals surface area (Å²) in [4.78, 5) is 21.0. The Kier molecular flexibility index (Phi) is 6.40. The fourth-order valence-corrected chi connectivity index (χ4v) is 6.31. The van der Waals surface area contributed by atoms with Crippen LogP contribution in [0.2, 0.25) is 0 Å². The van der Waals surface area contributed by atoms with Crippen LogP contribution in [-0.4, -0.2) is 47.2 Å². The van der Waals surface area contributed by atoms with E-state index in [1.807, 2.05) is 18.2 Å². The molecule has 202 valence electrons. The van der Waals surface area contributed by atoms with E-state index < -0.39 is 16.1 Å². The number of nitrogens with one attached hydrogen (secondary N) is 4. The number of aromatic nitrogens is 4. The molecule has 0 saturated heterocycles. The summed E-state index contributed by atoms with van der Waals surface area (Å²) in [6.07, 6.45) is 2.15. The summed E-state index contributed by atoms with van der Waals surface area (Å²) in [5, 5.41) is 16.2. The molecule has 0 aliphatic carbocycles. The average molecular weight is 556 g/mol. The standard InChI is InChI=1S/C27H25N9O3S/c28-26-33-24(22-15-29-35-25(22)34-26)30-20-13-17-7-4-5-12-23(17)36(16-20)40(38,39)21-11-6-10-19(14-21)32-27(37)31-18-8-2-1-3-9-18/h1-12,14-15,20H,13,16H2,(H2,31,32,37)(H4,28,29,30,33,34,35). The van der Waals surface area contributed by atoms with Crippen molar-refractivity contribution in [2.45, 2.75) is 17.4 Å². The Balaban J connectivity index is 1.28. The number of rotatable bonds is 6. The number of para-hydroxylation sites is 2. The van der Waals surface area contributed by atoms with Crippen LogP contribution in [-0.2, 0) is 16.4 Å². The predicted molar refractivity (Wildman–Crippen MR) is 154 cm³/mol. The lowest BCUT2D eigenvalue weighted by Crippen LogP contribution is -2.45. The summed E-state index contributed by atoms with van der Waals surface area (Å²) < 4.78 is 29.4. The van der Waals surface area contributed by atoms with Gasteiger partial charge < -0.3 is 21.7 Å². The van der Waals surface area contributed by atoms with Crippen molar-refractivity contribution in [1.29, 1.82) is 0 Å². The lowest BCUT2D eigenvalue weighted by Gasteiger charge is -2.36. The molecule has 6 rings (SSSR count). The summed E-state index contributed by atoms with van der Waals surface area (Å²) in [5.41, 5.74) is 8.77. The highest BCUT2D eigenvalue weighted by Gasteiger charge is 2.34. The van der Waals surface area contributed by atoms with E-state index in [0.29, 0.717) is 40.3 Å². The van der Waals surface area contributed by atoms with Crippen molar-refractivity contribution in [3.63, 3.8) is 0 Å². The van der Waals surface area contributed by atoms with Gasteiger partial charge in [0.25, 0.3) is 10.0 Å². The molecule has 0 bridgehead atoms. The molecule has 2 aromatic heterocycles. The first-order chi connectivity index (χ1) is 19.4. The van der Waals surface area contributed by atoms with Gasteiger partial charge in [0, 0.05) is 11.4 Å². The zero-order chi connectivity index (χ0) is 27.7. The Morgan fingerprint density at radius 3 is 2.55 bits per heavy atom. The summed E-state index contributed by atoms with van der Waals surface area (Å²) in [5.74, 6) is 0.536. The maximum atomic E-state index is 14.0. The first-order valence-electron chi connectivity index (χ1n) is 12.4. The fourth-order valence-electron chi connectivity index (χ4n) is 4.71. The van der Waals surface area contributed by atoms with Crippen molar-refractivity contribution in [2.75, 3.05) is 32.5 Å². The largest absolute Gasteiger partial charge is 0.368 e. The van der Waals surface area contributed by atoms with Gasteiger partial charge in [-0.05, 0) is 48.4 Å². The van der Waals surface area contributed by atoms with E-state index in [-0.39, 0.29) is 23.4 Å². The quantitative estimate of drug-likeness (QED) is 0.210. The van der Waals surface area contributed by atoms with Gasteiger partial charge >= 0.3 is 6.03 Å². The number of nitrogen functional groups attached to an aromatic ring is 1. The lowest BCUT2D eigenvalue weighted by molar-refractivity contribution is 0.262. The predicted octanol–water partition coefficient (Wildman–Crippen LogP) is 3.81. The minimum atomic E-state index is -4.01. The van der Waals surface area contributed by atoms with E-state index >= 15 is 0 Å². The van der Waals surface area contributed by atoms with Crippen LogP contribution in [0.3, 0.4) is 0 Å². The molecule has 0 spiro atoms. The van der Waals surface area contributed by atoms with Crippen molar-refractivity contribution < 1.29 is 13.2 Å². The third-order valence-electron chi connectivity index (χ3n) is 6.49. The first kappa shape index (κ1) is 25.1. The maximum absolute atomic E-state index is 14.0. The second-order valence-corrected chi connectivity index (χ2v) is 11.1. The van der Waals surface area contributed by atoms with Gasteiger partial charge in [-0.1, -0.05) is 42.5 Å². The highest BCUT2D eigenvalue weighted by Crippen LogP contribution is 2.34. The van der Waals surface area contributed by atoms with Crippen molar-refractivity contribution in [3.05, 3.63) is 90.6 Å². The molecule has 3 aromatic carbocycles. The molecule has 0 fully saturated rings. The highest BCUT2D eigenvalue weighted by molar-refractivity contribution is 7.92. The van der Waals surface area contributed by atoms with E-state index in [9.17, 15) is 13.2 Å². The maximum Gasteiger partial charge on any atom is 0.323 e. The molecule has 1 atom stereocenters. The molecule has 12 nitrogen and oxygen atoms in total. The first-order valence-corrected chi connectivity index (χ1v) is 13.9. The van der Waals surface area contributed by atoms with Gasteiger partial charge in [0.15, 0.2) is 5.65 Å². The molecule has 1 aliphatic rings. The number of urea groups is 1. The summed E-state index contributed by atoms with van der Waals surface area (Å²) in [6.45, 7) is 0.134. The second kappa shape index (κ2) is 10.2. The number of fused-ring (bicyclic) bond motifs is 2. The highest BCUT2D eigenvalue weighted by atomic mass is 32.2. The van der Waals surface area contributed by atoms with E-state index in [1.54, 1.807) is 54.7 Å². The molecule has 1 unspecified atom stereocenters. The smallest absolute Gasteiger partial charge is 0.323 e. The Labute approximate surface area is 229 Å². The zero-order valence-corrected chi connectivity index (χ0v) is 21.9. The van der Waals surface area contributed by atoms with Gasteiger partial charge in [-0.15, -0.1) is 0 Å². The van der Waals surface area contributed by atoms with E-state index in [2.05, 4.69) is 36.1 Å². The number of H-pyrrole nitrogens is 1. The number of aromatic amines is 1. The number of amides is 2. The van der Waals surface area contributed by atoms with Crippen molar-refractivity contribution in [3.8, 4) is 0 Å². The Bertz CT molecular complexity index is 1810. The molecule has 0 saturated carbocycles. The number of hydrogen-bond acceptors (Lipinski definition) is 8. The normalized spacial score (nSPS) is 14.9. The SMILES string of the molecule is Nc1nc(NC2Cc3ccccc3N(S(=O)(=O)c3cccc(NC(=O)Nc4ccccc4)c3)C2)c2cn[nH]c2n1. The number of nitrogens with two attached hydrogens (primary N) is 1. The lowest BCUT2D eigenvalue weighted by atomic mass is 9.99. The number of nitrogens with zero attached hydrogens (tertiary/aromatic N) is 4. The summed E-state index contributed by atoms with van der Waals surface area (Å²) >= 11 is 0. The molecule has 40 heavy (non-hydrogen) atoms. The van der Waals surface area contributed by atoms with Crippen LogP contribution in [0.4, 0.5) is 33.6 Å². The molecule has 0 radical (unpaired) electrons. The van der Waals surface area contributed by atoms with Crippen LogP contribution in [0.15, 0.2) is 90.0 Å². The van der Waals surface area contributed by atoms with Gasteiger partial charge in [-0.25, -0.2) is 13.2 Å². The molecule has 3 heterocycles. The number of carbonyl (C=O) groups is 1. The van der Waals surface area contributed by atoms with Crippen molar-refractivity contribution >= 4 is 55.9 Å². The minimum Gasteiger partial charge on any atom is -0.368 e. The third kappa shape index (κ3) is 4.97. The van der Waals surface area contributed by atoms with Crippen molar-refractivity contribution in [2.24, 2.45) is 0 Å². The van der Waals surface area contributed by atoms with Gasteiger partial charge in [-0.2, -0.15) is 15.1 Å². The van der Waals surface area contributed by atoms with Crippen LogP contribution in [0.1, 0.15) is 5.56 Å². The summed E-state index contributed by atoms with van der Waals surface area (Å²) in [7, 11) is -4.01. The molecule has 5 aromatic rings. The monoisotopic (exact) mass is 555 g/mol. The van der Waals surface area contributed by atoms with Crippen LogP contribution in [0.25, 0.3) is 11.0 Å². The summed E-state index contributed by atoms with van der Waals surface area (Å²) in [6, 6.07) is 21.7. The van der Waals surface area contributed by atoms with Crippen LogP contribution < -0.4 is 26.0 Å². The van der Waals surface area contributed by atoms with Crippen LogP contribution in [0.5, 0.6) is 0 Å². The van der Waals surface area contributed by atoms with Crippen LogP contribution >= 0.6 is 0 Å². The number of carbonyl (C=O) groups excluding carboxylic acids is 1. The van der Waals surface area contributed by atoms with Gasteiger partial charge in [0.1, 0.15) is 5.82 Å². The van der Waals surface area contributed by atoms with Gasteiger partial charge in [-0.3, -0.25) is 9.40 Å². The van der Waals surface area contributed by atoms with E-state index in [1.165, 1.54) is 16.4 Å².